The highest BCUT2D eigenvalue weighted by molar-refractivity contribution is 5.96. The van der Waals surface area contributed by atoms with Gasteiger partial charge in [0, 0.05) is 5.69 Å². The van der Waals surface area contributed by atoms with Gasteiger partial charge in [-0.05, 0) is 147 Å². The molecule has 41 heavy (non-hydrogen) atoms. The Labute approximate surface area is 249 Å². The van der Waals surface area contributed by atoms with Crippen LogP contribution in [0, 0.1) is 56.7 Å². The van der Waals surface area contributed by atoms with Gasteiger partial charge in [-0.2, -0.15) is 0 Å². The number of aliphatic hydroxyl groups excluding tert-OH is 1. The number of methoxy groups -OCH3 is 1. The van der Waals surface area contributed by atoms with Crippen LogP contribution in [-0.2, 0) is 4.79 Å². The average Bonchev–Trinajstić information content (AvgIpc) is 3.33. The van der Waals surface area contributed by atoms with Crippen LogP contribution in [0.4, 0.5) is 5.69 Å². The molecule has 4 nitrogen and oxygen atoms in total. The van der Waals surface area contributed by atoms with Gasteiger partial charge >= 0.3 is 0 Å². The zero-order chi connectivity index (χ0) is 29.6. The van der Waals surface area contributed by atoms with E-state index in [1.807, 2.05) is 24.3 Å². The molecule has 0 aromatic heterocycles. The summed E-state index contributed by atoms with van der Waals surface area (Å²) in [5.74, 6) is 3.58. The monoisotopic (exact) mass is 561 g/mol. The van der Waals surface area contributed by atoms with Crippen molar-refractivity contribution in [1.82, 2.24) is 0 Å². The number of rotatable bonds is 4. The minimum atomic E-state index is -0.324. The van der Waals surface area contributed by atoms with Crippen molar-refractivity contribution in [2.45, 2.75) is 112 Å². The highest BCUT2D eigenvalue weighted by atomic mass is 16.5. The zero-order valence-corrected chi connectivity index (χ0v) is 26.8. The lowest BCUT2D eigenvalue weighted by Gasteiger charge is -2.72. The molecular weight excluding hydrogens is 506 g/mol. The topological polar surface area (TPSA) is 58.6 Å². The number of aliphatic hydroxyl groups is 1. The Morgan fingerprint density at radius 2 is 1.59 bits per heavy atom. The van der Waals surface area contributed by atoms with E-state index >= 15 is 0 Å². The third kappa shape index (κ3) is 3.90. The molecule has 0 bridgehead atoms. The molecule has 5 aliphatic carbocycles. The lowest BCUT2D eigenvalue weighted by atomic mass is 9.32. The van der Waals surface area contributed by atoms with Crippen LogP contribution < -0.4 is 10.1 Å². The highest BCUT2D eigenvalue weighted by Gasteiger charge is 2.71. The van der Waals surface area contributed by atoms with Gasteiger partial charge in [0.1, 0.15) is 5.75 Å². The van der Waals surface area contributed by atoms with E-state index in [9.17, 15) is 9.90 Å². The van der Waals surface area contributed by atoms with Gasteiger partial charge < -0.3 is 15.2 Å². The maximum Gasteiger partial charge on any atom is 0.230 e. The maximum absolute atomic E-state index is 14.4. The first-order valence-electron chi connectivity index (χ1n) is 16.5. The van der Waals surface area contributed by atoms with E-state index in [-0.39, 0.29) is 39.1 Å². The van der Waals surface area contributed by atoms with Crippen molar-refractivity contribution in [2.75, 3.05) is 12.4 Å². The van der Waals surface area contributed by atoms with Crippen molar-refractivity contribution >= 4 is 11.6 Å². The van der Waals surface area contributed by atoms with E-state index in [0.29, 0.717) is 29.6 Å². The molecule has 5 fully saturated rings. The molecule has 0 heterocycles. The first-order valence-corrected chi connectivity index (χ1v) is 16.5. The van der Waals surface area contributed by atoms with E-state index in [4.69, 9.17) is 4.74 Å². The maximum atomic E-state index is 14.4. The van der Waals surface area contributed by atoms with Crippen molar-refractivity contribution in [3.05, 3.63) is 36.4 Å². The second-order valence-electron chi connectivity index (χ2n) is 16.4. The number of fused-ring (bicyclic) bond motifs is 7. The molecule has 10 atom stereocenters. The molecule has 1 amide bonds. The minimum absolute atomic E-state index is 0.0240. The van der Waals surface area contributed by atoms with E-state index in [2.05, 4.69) is 53.4 Å². The largest absolute Gasteiger partial charge is 0.497 e. The summed E-state index contributed by atoms with van der Waals surface area (Å²) < 4.78 is 5.34. The van der Waals surface area contributed by atoms with Crippen molar-refractivity contribution in [3.63, 3.8) is 0 Å². The number of hydrogen-bond donors (Lipinski definition) is 2. The van der Waals surface area contributed by atoms with Crippen LogP contribution in [0.15, 0.2) is 36.4 Å². The number of carbonyl (C=O) groups is 1. The van der Waals surface area contributed by atoms with Crippen LogP contribution in [0.5, 0.6) is 5.75 Å². The van der Waals surface area contributed by atoms with Crippen LogP contribution >= 0.6 is 0 Å². The van der Waals surface area contributed by atoms with Gasteiger partial charge in [0.05, 0.1) is 18.6 Å². The fraction of sp³-hybridized carbons (Fsp3) is 0.757. The van der Waals surface area contributed by atoms with E-state index in [1.165, 1.54) is 31.3 Å². The number of ether oxygens (including phenoxy) is 1. The molecule has 2 N–H and O–H groups in total. The third-order valence-electron chi connectivity index (χ3n) is 14.8. The molecule has 0 spiro atoms. The van der Waals surface area contributed by atoms with Crippen LogP contribution in [-0.4, -0.2) is 24.2 Å². The van der Waals surface area contributed by atoms with E-state index in [1.54, 1.807) is 7.11 Å². The molecule has 1 aromatic rings. The fourth-order valence-electron chi connectivity index (χ4n) is 12.5. The summed E-state index contributed by atoms with van der Waals surface area (Å²) in [5, 5.41) is 14.4. The lowest BCUT2D eigenvalue weighted by Crippen LogP contribution is -2.67. The molecule has 5 saturated carbocycles. The first-order chi connectivity index (χ1) is 19.2. The predicted octanol–water partition coefficient (Wildman–Crippen LogP) is 8.65. The molecular formula is C37H55NO3. The molecule has 0 radical (unpaired) electrons. The molecule has 6 rings (SSSR count). The molecule has 8 unspecified atom stereocenters. The molecule has 0 aliphatic heterocycles. The van der Waals surface area contributed by atoms with Crippen LogP contribution in [0.25, 0.3) is 0 Å². The Bertz CT molecular complexity index is 1210. The molecule has 5 aliphatic rings. The summed E-state index contributed by atoms with van der Waals surface area (Å²) in [4.78, 5) is 14.4. The average molecular weight is 562 g/mol. The number of hydrogen-bond acceptors (Lipinski definition) is 3. The molecule has 226 valence electrons. The number of allylic oxidation sites excluding steroid dienone is 1. The standard InChI is InChI=1S/C37H55NO3/c1-23(2)26-15-20-37(32(40)38-24-9-11-25(41-8)12-10-24)22-21-35(6)27(31(26)37)13-14-29-34(5)18-17-30(39)33(3,4)28(34)16-19-36(29,35)7/h9-12,26-31,39H,1,13-22H2,2-8H3,(H,38,40)/t26-,27?,28?,29?,30?,31?,34?,35+,36?,37?/m0/s1. The highest BCUT2D eigenvalue weighted by Crippen LogP contribution is 2.77. The normalized spacial score (nSPS) is 46.3. The van der Waals surface area contributed by atoms with Gasteiger partial charge in [-0.25, -0.2) is 0 Å². The van der Waals surface area contributed by atoms with Gasteiger partial charge in [0.2, 0.25) is 5.91 Å². The number of nitrogens with one attached hydrogen (secondary N) is 1. The second-order valence-corrected chi connectivity index (χ2v) is 16.4. The van der Waals surface area contributed by atoms with E-state index < -0.39 is 0 Å². The molecule has 0 saturated heterocycles. The van der Waals surface area contributed by atoms with Crippen molar-refractivity contribution in [1.29, 1.82) is 0 Å². The lowest BCUT2D eigenvalue weighted by molar-refractivity contribution is -0.246. The number of amides is 1. The summed E-state index contributed by atoms with van der Waals surface area (Å²) in [7, 11) is 1.67. The Balaban J connectivity index is 1.35. The van der Waals surface area contributed by atoms with Crippen molar-refractivity contribution in [2.24, 2.45) is 56.7 Å². The number of anilines is 1. The Hall–Kier alpha value is -1.81. The Kier molecular flexibility index (Phi) is 6.85. The number of benzene rings is 1. The predicted molar refractivity (Wildman–Crippen MR) is 167 cm³/mol. The van der Waals surface area contributed by atoms with E-state index in [0.717, 1.165) is 50.0 Å². The van der Waals surface area contributed by atoms with Gasteiger partial charge in [0.15, 0.2) is 0 Å². The minimum Gasteiger partial charge on any atom is -0.497 e. The summed E-state index contributed by atoms with van der Waals surface area (Å²) in [6, 6.07) is 7.79. The van der Waals surface area contributed by atoms with Crippen LogP contribution in [0.2, 0.25) is 0 Å². The first kappa shape index (κ1) is 29.3. The van der Waals surface area contributed by atoms with Gasteiger partial charge in [-0.3, -0.25) is 4.79 Å². The molecule has 4 heteroatoms. The van der Waals surface area contributed by atoms with Gasteiger partial charge in [-0.15, -0.1) is 0 Å². The Morgan fingerprint density at radius 3 is 2.24 bits per heavy atom. The fourth-order valence-corrected chi connectivity index (χ4v) is 12.5. The summed E-state index contributed by atoms with van der Waals surface area (Å²) in [5.41, 5.74) is 2.51. The SMILES string of the molecule is C=C(C)[C@@H]1CCC2(C(=O)Nc3ccc(OC)cc3)CC[C@]3(C)C(CCC4C5(C)CCC(O)C(C)(C)C5CCC43C)C12. The van der Waals surface area contributed by atoms with Gasteiger partial charge in [0.25, 0.3) is 0 Å². The quantitative estimate of drug-likeness (QED) is 0.362. The number of carbonyl (C=O) groups excluding carboxylic acids is 1. The zero-order valence-electron chi connectivity index (χ0n) is 26.8. The van der Waals surface area contributed by atoms with Crippen LogP contribution in [0.1, 0.15) is 106 Å². The Morgan fingerprint density at radius 1 is 0.878 bits per heavy atom. The smallest absolute Gasteiger partial charge is 0.230 e. The summed E-state index contributed by atoms with van der Waals surface area (Å²) >= 11 is 0. The van der Waals surface area contributed by atoms with Gasteiger partial charge in [-0.1, -0.05) is 46.8 Å². The van der Waals surface area contributed by atoms with Crippen molar-refractivity contribution in [3.8, 4) is 5.75 Å². The molecule has 1 aromatic carbocycles. The summed E-state index contributed by atoms with van der Waals surface area (Å²) in [6.07, 6.45) is 11.0. The van der Waals surface area contributed by atoms with Crippen molar-refractivity contribution < 1.29 is 14.6 Å². The third-order valence-corrected chi connectivity index (χ3v) is 14.8. The summed E-state index contributed by atoms with van der Waals surface area (Å²) in [6.45, 7) is 19.3. The second kappa shape index (κ2) is 9.60. The van der Waals surface area contributed by atoms with Crippen LogP contribution in [0.3, 0.4) is 0 Å².